The van der Waals surface area contributed by atoms with Crippen molar-refractivity contribution in [1.82, 2.24) is 0 Å². The van der Waals surface area contributed by atoms with Gasteiger partial charge in [0.25, 0.3) is 0 Å². The van der Waals surface area contributed by atoms with Crippen LogP contribution in [0.1, 0.15) is 25.2 Å². The quantitative estimate of drug-likeness (QED) is 0.509. The van der Waals surface area contributed by atoms with Crippen molar-refractivity contribution in [3.8, 4) is 5.75 Å². The second-order valence-corrected chi connectivity index (χ2v) is 8.23. The van der Waals surface area contributed by atoms with Gasteiger partial charge in [-0.15, -0.1) is 0 Å². The second-order valence-electron chi connectivity index (χ2n) is 5.20. The molecule has 0 heterocycles. The number of ether oxygens (including phenoxy) is 1. The molecule has 2 rings (SSSR count). The molecule has 0 aromatic heterocycles. The van der Waals surface area contributed by atoms with Gasteiger partial charge in [-0.1, -0.05) is 28.1 Å². The molecule has 0 amide bonds. The molecule has 25 heavy (non-hydrogen) atoms. The number of anilines is 1. The predicted octanol–water partition coefficient (Wildman–Crippen LogP) is 5.83. The van der Waals surface area contributed by atoms with Crippen LogP contribution in [0.4, 0.5) is 5.69 Å². The Morgan fingerprint density at radius 3 is 2.04 bits per heavy atom. The molecular formula is C18H23BrNO4P. The number of halogens is 1. The van der Waals surface area contributed by atoms with Crippen LogP contribution in [0.25, 0.3) is 0 Å². The summed E-state index contributed by atoms with van der Waals surface area (Å²) < 4.78 is 30.6. The topological polar surface area (TPSA) is 56.8 Å². The van der Waals surface area contributed by atoms with Crippen LogP contribution in [0.15, 0.2) is 53.0 Å². The Morgan fingerprint density at radius 2 is 1.56 bits per heavy atom. The lowest BCUT2D eigenvalue weighted by Crippen LogP contribution is -2.15. The fourth-order valence-electron chi connectivity index (χ4n) is 2.38. The average Bonchev–Trinajstić information content (AvgIpc) is 2.61. The Balaban J connectivity index is 2.39. The molecule has 136 valence electrons. The van der Waals surface area contributed by atoms with E-state index >= 15 is 0 Å². The summed E-state index contributed by atoms with van der Waals surface area (Å²) in [6.45, 7) is 4.21. The molecule has 0 aliphatic rings. The van der Waals surface area contributed by atoms with Crippen LogP contribution >= 0.6 is 23.5 Å². The van der Waals surface area contributed by atoms with Crippen molar-refractivity contribution in [1.29, 1.82) is 0 Å². The SMILES string of the molecule is CCOP(=O)(OCC)[C@H](Nc1ccc(OC)cc1)c1ccc(Br)cc1. The van der Waals surface area contributed by atoms with Gasteiger partial charge in [-0.05, 0) is 55.8 Å². The fraction of sp³-hybridized carbons (Fsp3) is 0.333. The molecule has 0 saturated carbocycles. The molecule has 0 saturated heterocycles. The van der Waals surface area contributed by atoms with Gasteiger partial charge in [-0.3, -0.25) is 4.57 Å². The van der Waals surface area contributed by atoms with Gasteiger partial charge < -0.3 is 19.1 Å². The summed E-state index contributed by atoms with van der Waals surface area (Å²) >= 11 is 3.42. The molecular weight excluding hydrogens is 405 g/mol. The van der Waals surface area contributed by atoms with Crippen molar-refractivity contribution in [2.75, 3.05) is 25.6 Å². The first kappa shape index (κ1) is 20.0. The molecule has 7 heteroatoms. The van der Waals surface area contributed by atoms with Gasteiger partial charge in [-0.2, -0.15) is 0 Å². The van der Waals surface area contributed by atoms with Crippen LogP contribution in [0.2, 0.25) is 0 Å². The second kappa shape index (κ2) is 9.39. The largest absolute Gasteiger partial charge is 0.497 e. The first-order chi connectivity index (χ1) is 12.0. The molecule has 0 unspecified atom stereocenters. The summed E-state index contributed by atoms with van der Waals surface area (Å²) in [5.74, 6) is 0.137. The Kier molecular flexibility index (Phi) is 7.51. The molecule has 1 atom stereocenters. The third-order valence-electron chi connectivity index (χ3n) is 3.51. The maximum Gasteiger partial charge on any atom is 0.357 e. The highest BCUT2D eigenvalue weighted by Gasteiger charge is 2.37. The van der Waals surface area contributed by atoms with Crippen molar-refractivity contribution in [2.24, 2.45) is 0 Å². The number of benzene rings is 2. The van der Waals surface area contributed by atoms with Gasteiger partial charge in [0.2, 0.25) is 0 Å². The number of methoxy groups -OCH3 is 1. The molecule has 2 aromatic rings. The van der Waals surface area contributed by atoms with E-state index in [1.54, 1.807) is 21.0 Å². The summed E-state index contributed by atoms with van der Waals surface area (Å²) in [5, 5.41) is 3.29. The van der Waals surface area contributed by atoms with Crippen LogP contribution in [0.3, 0.4) is 0 Å². The highest BCUT2D eigenvalue weighted by atomic mass is 79.9. The van der Waals surface area contributed by atoms with Crippen LogP contribution < -0.4 is 10.1 Å². The third-order valence-corrected chi connectivity index (χ3v) is 6.34. The lowest BCUT2D eigenvalue weighted by molar-refractivity contribution is 0.214. The summed E-state index contributed by atoms with van der Waals surface area (Å²) in [6, 6.07) is 15.0. The third kappa shape index (κ3) is 5.32. The number of rotatable bonds is 9. The van der Waals surface area contributed by atoms with Crippen molar-refractivity contribution < 1.29 is 18.3 Å². The highest BCUT2D eigenvalue weighted by molar-refractivity contribution is 9.10. The van der Waals surface area contributed by atoms with Gasteiger partial charge in [-0.25, -0.2) is 0 Å². The highest BCUT2D eigenvalue weighted by Crippen LogP contribution is 2.60. The van der Waals surface area contributed by atoms with Crippen LogP contribution in [0, 0.1) is 0 Å². The minimum atomic E-state index is -3.41. The van der Waals surface area contributed by atoms with E-state index in [1.807, 2.05) is 48.5 Å². The van der Waals surface area contributed by atoms with Crippen LogP contribution in [-0.2, 0) is 13.6 Å². The lowest BCUT2D eigenvalue weighted by Gasteiger charge is -2.28. The Morgan fingerprint density at radius 1 is 1.00 bits per heavy atom. The monoisotopic (exact) mass is 427 g/mol. The molecule has 0 aliphatic heterocycles. The van der Waals surface area contributed by atoms with E-state index in [0.717, 1.165) is 21.5 Å². The first-order valence-electron chi connectivity index (χ1n) is 8.07. The van der Waals surface area contributed by atoms with E-state index in [-0.39, 0.29) is 0 Å². The molecule has 2 aromatic carbocycles. The first-order valence-corrected chi connectivity index (χ1v) is 10.5. The number of hydrogen-bond donors (Lipinski definition) is 1. The zero-order chi connectivity index (χ0) is 18.3. The van der Waals surface area contributed by atoms with E-state index < -0.39 is 13.4 Å². The zero-order valence-electron chi connectivity index (χ0n) is 14.6. The van der Waals surface area contributed by atoms with Crippen molar-refractivity contribution in [3.63, 3.8) is 0 Å². The Labute approximate surface area is 157 Å². The normalized spacial score (nSPS) is 12.6. The van der Waals surface area contributed by atoms with E-state index in [0.29, 0.717) is 13.2 Å². The van der Waals surface area contributed by atoms with Crippen LogP contribution in [0.5, 0.6) is 5.75 Å². The van der Waals surface area contributed by atoms with Gasteiger partial charge in [0.05, 0.1) is 20.3 Å². The summed E-state index contributed by atoms with van der Waals surface area (Å²) in [6.07, 6.45) is 0. The molecule has 0 bridgehead atoms. The predicted molar refractivity (Wildman–Crippen MR) is 104 cm³/mol. The van der Waals surface area contributed by atoms with E-state index in [2.05, 4.69) is 21.2 Å². The van der Waals surface area contributed by atoms with E-state index in [1.165, 1.54) is 0 Å². The van der Waals surface area contributed by atoms with Gasteiger partial charge >= 0.3 is 7.60 Å². The lowest BCUT2D eigenvalue weighted by atomic mass is 10.2. The van der Waals surface area contributed by atoms with Crippen LogP contribution in [-0.4, -0.2) is 20.3 Å². The number of nitrogens with one attached hydrogen (secondary N) is 1. The van der Waals surface area contributed by atoms with Gasteiger partial charge in [0, 0.05) is 10.2 Å². The van der Waals surface area contributed by atoms with Crippen molar-refractivity contribution in [2.45, 2.75) is 19.6 Å². The fourth-order valence-corrected chi connectivity index (χ4v) is 4.58. The maximum absolute atomic E-state index is 13.4. The Bertz CT molecular complexity index is 696. The zero-order valence-corrected chi connectivity index (χ0v) is 17.0. The minimum absolute atomic E-state index is 0.300. The van der Waals surface area contributed by atoms with Crippen molar-refractivity contribution >= 4 is 29.2 Å². The molecule has 1 N–H and O–H groups in total. The average molecular weight is 428 g/mol. The molecule has 5 nitrogen and oxygen atoms in total. The smallest absolute Gasteiger partial charge is 0.357 e. The molecule has 0 spiro atoms. The number of hydrogen-bond acceptors (Lipinski definition) is 5. The minimum Gasteiger partial charge on any atom is -0.497 e. The van der Waals surface area contributed by atoms with E-state index in [9.17, 15) is 4.57 Å². The molecule has 0 radical (unpaired) electrons. The van der Waals surface area contributed by atoms with Gasteiger partial charge in [0.1, 0.15) is 5.75 Å². The summed E-state index contributed by atoms with van der Waals surface area (Å²) in [4.78, 5) is 0. The molecule has 0 aliphatic carbocycles. The summed E-state index contributed by atoms with van der Waals surface area (Å²) in [5.41, 5.74) is 1.62. The van der Waals surface area contributed by atoms with Crippen molar-refractivity contribution in [3.05, 3.63) is 58.6 Å². The standard InChI is InChI=1S/C18H23BrNO4P/c1-4-23-25(21,24-5-2)18(14-6-8-15(19)9-7-14)20-16-10-12-17(22-3)13-11-16/h6-13,18,20H,4-5H2,1-3H3/t18-/m0/s1. The maximum atomic E-state index is 13.4. The van der Waals surface area contributed by atoms with E-state index in [4.69, 9.17) is 13.8 Å². The van der Waals surface area contributed by atoms with Gasteiger partial charge in [0.15, 0.2) is 5.78 Å². The molecule has 0 fully saturated rings. The Hall–Kier alpha value is -1.33. The summed E-state index contributed by atoms with van der Waals surface area (Å²) in [7, 11) is -1.79.